The minimum absolute atomic E-state index is 0. The van der Waals surface area contributed by atoms with Gasteiger partial charge in [0.2, 0.25) is 0 Å². The third kappa shape index (κ3) is 8.75. The Morgan fingerprint density at radius 2 is 1.47 bits per heavy atom. The number of rotatable bonds is 8. The van der Waals surface area contributed by atoms with Gasteiger partial charge in [-0.15, -0.1) is 18.2 Å². The maximum Gasteiger partial charge on any atom is 0 e. The molecule has 4 aromatic heterocycles. The van der Waals surface area contributed by atoms with Crippen LogP contribution in [-0.2, 0) is 20.1 Å². The SMILES string of the molecule is Cc1ccnc2nc(-c3[c-]ccc4c3oc3ccccc34)n(-c3c(C(C)C)cc(-c4ccccc4)cc3C(C)C)c12.[2H]C([2H])([2H])c1c[c-]c(-c2cc(C([2H])(C)C)[c]([Ge]([CH3])([CH3])[CH3])cn2)cc1.[Ir]. The molecule has 0 aliphatic carbocycles. The van der Waals surface area contributed by atoms with Gasteiger partial charge in [-0.2, -0.15) is 0 Å². The van der Waals surface area contributed by atoms with E-state index >= 15 is 0 Å². The second-order valence-corrected chi connectivity index (χ2v) is 28.4. The summed E-state index contributed by atoms with van der Waals surface area (Å²) in [6.45, 7) is 12.9. The smallest absolute Gasteiger partial charge is 0 e. The van der Waals surface area contributed by atoms with Crippen LogP contribution in [0.15, 0.2) is 126 Å². The van der Waals surface area contributed by atoms with Gasteiger partial charge >= 0.3 is 131 Å². The molecule has 7 heteroatoms. The molecule has 0 saturated heterocycles. The molecule has 5 aromatic carbocycles. The molecule has 0 bridgehead atoms. The van der Waals surface area contributed by atoms with E-state index in [0.29, 0.717) is 0 Å². The summed E-state index contributed by atoms with van der Waals surface area (Å²) in [7, 11) is 0. The molecule has 0 N–H and O–H groups in total. The Morgan fingerprint density at radius 3 is 2.11 bits per heavy atom. The number of aryl methyl sites for hydroxylation is 2. The maximum atomic E-state index is 8.49. The zero-order chi connectivity index (χ0) is 46.6. The van der Waals surface area contributed by atoms with Gasteiger partial charge in [-0.05, 0) is 70.8 Å². The standard InChI is InChI=1S/C37H32N3O.C18H24GeN.Ir/c1-22(2)30-20-26(25-12-7-6-8-13-25)21-31(23(3)4)34(30)40-33-24(5)18-19-38-36(33)39-37(40)29-16-11-15-28-27-14-9-10-17-32(27)41-35(28)29;1-13(2)16-11-18(15-9-7-14(3)8-10-15)20-12-17(16)19(4,5)6;/h6-15,17-23H,1-5H3;7-9,11-13H,1-6H3;/q2*-1;/i;3D3,13D;. The first-order valence-corrected chi connectivity index (χ1v) is 28.5. The van der Waals surface area contributed by atoms with E-state index in [-0.39, 0.29) is 37.5 Å². The zero-order valence-electron chi connectivity index (χ0n) is 41.2. The summed E-state index contributed by atoms with van der Waals surface area (Å²) in [6.07, 6.45) is 3.75. The van der Waals surface area contributed by atoms with Crippen LogP contribution in [0.4, 0.5) is 0 Å². The fourth-order valence-electron chi connectivity index (χ4n) is 8.21. The summed E-state index contributed by atoms with van der Waals surface area (Å²) < 4.78 is 40.9. The van der Waals surface area contributed by atoms with Gasteiger partial charge in [0.25, 0.3) is 0 Å². The summed E-state index contributed by atoms with van der Waals surface area (Å²) in [5.74, 6) is 7.53. The van der Waals surface area contributed by atoms with E-state index in [9.17, 15) is 0 Å². The van der Waals surface area contributed by atoms with Crippen molar-refractivity contribution in [1.29, 1.82) is 0 Å². The maximum absolute atomic E-state index is 8.49. The van der Waals surface area contributed by atoms with E-state index in [2.05, 4.69) is 134 Å². The molecular formula is C55H56GeIrN4O-2. The quantitative estimate of drug-likeness (QED) is 0.112. The summed E-state index contributed by atoms with van der Waals surface area (Å²) >= 11 is -2.14. The molecule has 9 aromatic rings. The van der Waals surface area contributed by atoms with Crippen LogP contribution in [-0.4, -0.2) is 32.8 Å². The van der Waals surface area contributed by atoms with Gasteiger partial charge in [-0.1, -0.05) is 87.2 Å². The Kier molecular flexibility index (Phi) is 11.7. The summed E-state index contributed by atoms with van der Waals surface area (Å²) in [4.78, 5) is 14.5. The average Bonchev–Trinajstić information content (AvgIpc) is 3.85. The molecule has 317 valence electrons. The zero-order valence-corrected chi connectivity index (χ0v) is 41.7. The van der Waals surface area contributed by atoms with Crippen LogP contribution < -0.4 is 4.40 Å². The Balaban J connectivity index is 0.000000223. The van der Waals surface area contributed by atoms with Gasteiger partial charge in [0, 0.05) is 37.4 Å². The summed E-state index contributed by atoms with van der Waals surface area (Å²) in [5, 5.41) is 2.15. The van der Waals surface area contributed by atoms with Gasteiger partial charge in [0.15, 0.2) is 5.65 Å². The molecule has 0 unspecified atom stereocenters. The molecule has 0 atom stereocenters. The monoisotopic (exact) mass is 1060 g/mol. The number of hydrogen-bond donors (Lipinski definition) is 0. The molecule has 0 aliphatic heterocycles. The van der Waals surface area contributed by atoms with Crippen molar-refractivity contribution < 1.29 is 30.0 Å². The van der Waals surface area contributed by atoms with E-state index in [1.165, 1.54) is 38.4 Å². The minimum Gasteiger partial charge on any atom is 0 e. The first kappa shape index (κ1) is 39.7. The minimum atomic E-state index is -2.14. The van der Waals surface area contributed by atoms with Crippen LogP contribution in [0.25, 0.3) is 72.6 Å². The van der Waals surface area contributed by atoms with Crippen molar-refractivity contribution in [2.24, 2.45) is 0 Å². The van der Waals surface area contributed by atoms with Crippen molar-refractivity contribution in [3.8, 4) is 39.5 Å². The predicted octanol–water partition coefficient (Wildman–Crippen LogP) is 14.5. The number of pyridine rings is 2. The third-order valence-electron chi connectivity index (χ3n) is 11.4. The number of imidazole rings is 1. The van der Waals surface area contributed by atoms with Crippen molar-refractivity contribution in [3.05, 3.63) is 162 Å². The van der Waals surface area contributed by atoms with Crippen LogP contribution in [0.1, 0.15) is 92.6 Å². The van der Waals surface area contributed by atoms with Crippen molar-refractivity contribution in [2.45, 2.75) is 90.3 Å². The largest absolute Gasteiger partial charge is 0 e. The normalized spacial score (nSPS) is 13.1. The molecule has 1 radical (unpaired) electrons. The van der Waals surface area contributed by atoms with Crippen LogP contribution in [0, 0.1) is 25.9 Å². The first-order valence-electron chi connectivity index (χ1n) is 23.2. The van der Waals surface area contributed by atoms with Crippen molar-refractivity contribution in [2.75, 3.05) is 0 Å². The fourth-order valence-corrected chi connectivity index (χ4v) is 11.5. The Morgan fingerprint density at radius 1 is 0.758 bits per heavy atom. The second-order valence-electron chi connectivity index (χ2n) is 17.8. The van der Waals surface area contributed by atoms with Gasteiger partial charge in [-0.3, -0.25) is 4.98 Å². The molecular weight excluding hydrogens is 997 g/mol. The van der Waals surface area contributed by atoms with Gasteiger partial charge in [0.05, 0.1) is 16.9 Å². The van der Waals surface area contributed by atoms with Crippen molar-refractivity contribution in [1.82, 2.24) is 19.5 Å². The van der Waals surface area contributed by atoms with E-state index in [1.54, 1.807) is 12.1 Å². The first-order chi connectivity index (χ1) is 30.7. The topological polar surface area (TPSA) is 56.7 Å². The van der Waals surface area contributed by atoms with E-state index in [0.717, 1.165) is 66.9 Å². The van der Waals surface area contributed by atoms with Gasteiger partial charge in [-0.25, -0.2) is 4.98 Å². The molecule has 0 fully saturated rings. The molecule has 0 amide bonds. The molecule has 9 rings (SSSR count). The van der Waals surface area contributed by atoms with Crippen LogP contribution in [0.3, 0.4) is 0 Å². The van der Waals surface area contributed by atoms with E-state index in [4.69, 9.17) is 19.9 Å². The Labute approximate surface area is 389 Å². The average molecular weight is 1060 g/mol. The molecule has 62 heavy (non-hydrogen) atoms. The summed E-state index contributed by atoms with van der Waals surface area (Å²) in [6, 6.07) is 43.0. The van der Waals surface area contributed by atoms with Crippen LogP contribution in [0.2, 0.25) is 17.3 Å². The molecule has 0 aliphatic rings. The number of aromatic nitrogens is 4. The number of benzene rings is 5. The number of fused-ring (bicyclic) bond motifs is 4. The number of para-hydroxylation sites is 1. The third-order valence-corrected chi connectivity index (χ3v) is 15.6. The number of hydrogen-bond acceptors (Lipinski definition) is 4. The van der Waals surface area contributed by atoms with E-state index < -0.39 is 26.0 Å². The van der Waals surface area contributed by atoms with Gasteiger partial charge in [0.1, 0.15) is 5.58 Å². The fraction of sp³-hybridized carbons (Fsp3) is 0.255. The van der Waals surface area contributed by atoms with Crippen LogP contribution in [0.5, 0.6) is 0 Å². The predicted molar refractivity (Wildman–Crippen MR) is 259 cm³/mol. The van der Waals surface area contributed by atoms with E-state index in [1.807, 2.05) is 56.6 Å². The molecule has 5 nitrogen and oxygen atoms in total. The Hall–Kier alpha value is -5.14. The van der Waals surface area contributed by atoms with Crippen molar-refractivity contribution in [3.63, 3.8) is 0 Å². The molecule has 0 spiro atoms. The second kappa shape index (κ2) is 18.3. The van der Waals surface area contributed by atoms with Gasteiger partial charge < -0.3 is 8.98 Å². The number of nitrogens with zero attached hydrogens (tertiary/aromatic N) is 4. The van der Waals surface area contributed by atoms with Crippen LogP contribution >= 0.6 is 0 Å². The summed E-state index contributed by atoms with van der Waals surface area (Å²) in [5.41, 5.74) is 14.3. The molecule has 4 heterocycles. The Bertz CT molecular complexity index is 3150. The van der Waals surface area contributed by atoms with Crippen molar-refractivity contribution >= 4 is 50.8 Å². The molecule has 0 saturated carbocycles. The number of furan rings is 1.